The fourth-order valence-corrected chi connectivity index (χ4v) is 2.94. The van der Waals surface area contributed by atoms with Crippen molar-refractivity contribution >= 4 is 5.97 Å². The molecule has 0 amide bonds. The summed E-state index contributed by atoms with van der Waals surface area (Å²) in [6.07, 6.45) is 9.06. The van der Waals surface area contributed by atoms with Crippen LogP contribution in [0.2, 0.25) is 0 Å². The zero-order chi connectivity index (χ0) is 14.4. The molecule has 1 aromatic rings. The fraction of sp³-hybridized carbons (Fsp3) is 0.800. The summed E-state index contributed by atoms with van der Waals surface area (Å²) in [4.78, 5) is 10.5. The van der Waals surface area contributed by atoms with Gasteiger partial charge in [-0.05, 0) is 31.6 Å². The normalized spacial score (nSPS) is 22.9. The number of aryl methyl sites for hydroxylation is 1. The van der Waals surface area contributed by atoms with Crippen molar-refractivity contribution in [1.29, 1.82) is 0 Å². The second-order valence-corrected chi connectivity index (χ2v) is 5.79. The number of rotatable bonds is 7. The molecular formula is C15H24N2O3. The Hall–Kier alpha value is -1.39. The molecule has 0 bridgehead atoms. The number of aliphatic carboxylic acids is 1. The molecule has 0 atom stereocenters. The van der Waals surface area contributed by atoms with Crippen molar-refractivity contribution in [3.63, 3.8) is 0 Å². The summed E-state index contributed by atoms with van der Waals surface area (Å²) < 4.78 is 5.60. The average molecular weight is 280 g/mol. The average Bonchev–Trinajstić information content (AvgIpc) is 2.92. The van der Waals surface area contributed by atoms with Gasteiger partial charge in [0.05, 0.1) is 6.42 Å². The van der Waals surface area contributed by atoms with E-state index in [0.29, 0.717) is 24.1 Å². The highest BCUT2D eigenvalue weighted by atomic mass is 16.4. The molecule has 0 saturated heterocycles. The van der Waals surface area contributed by atoms with Crippen LogP contribution >= 0.6 is 0 Å². The third-order valence-corrected chi connectivity index (χ3v) is 4.20. The van der Waals surface area contributed by atoms with Crippen LogP contribution in [0, 0.1) is 5.92 Å². The second kappa shape index (κ2) is 7.41. The molecule has 1 N–H and O–H groups in total. The number of hydrogen-bond acceptors (Lipinski definition) is 4. The fourth-order valence-electron chi connectivity index (χ4n) is 2.94. The molecular weight excluding hydrogens is 256 g/mol. The van der Waals surface area contributed by atoms with Crippen molar-refractivity contribution < 1.29 is 14.3 Å². The molecule has 1 fully saturated rings. The summed E-state index contributed by atoms with van der Waals surface area (Å²) in [5.41, 5.74) is 0. The third-order valence-electron chi connectivity index (χ3n) is 4.20. The molecule has 0 unspecified atom stereocenters. The summed E-state index contributed by atoms with van der Waals surface area (Å²) in [5, 5.41) is 16.7. The minimum atomic E-state index is -0.832. The molecule has 1 aliphatic carbocycles. The topological polar surface area (TPSA) is 76.2 Å². The Morgan fingerprint density at radius 1 is 1.30 bits per heavy atom. The van der Waals surface area contributed by atoms with Gasteiger partial charge in [0, 0.05) is 12.3 Å². The highest BCUT2D eigenvalue weighted by molar-refractivity contribution is 5.66. The van der Waals surface area contributed by atoms with Gasteiger partial charge in [-0.1, -0.05) is 26.2 Å². The molecule has 0 radical (unpaired) electrons. The maximum atomic E-state index is 10.5. The minimum absolute atomic E-state index is 0.0470. The van der Waals surface area contributed by atoms with Gasteiger partial charge in [-0.25, -0.2) is 0 Å². The summed E-state index contributed by atoms with van der Waals surface area (Å²) in [7, 11) is 0. The van der Waals surface area contributed by atoms with Gasteiger partial charge in [0.25, 0.3) is 0 Å². The zero-order valence-corrected chi connectivity index (χ0v) is 12.2. The van der Waals surface area contributed by atoms with Gasteiger partial charge in [-0.3, -0.25) is 4.79 Å². The first-order valence-corrected chi connectivity index (χ1v) is 7.73. The van der Waals surface area contributed by atoms with Crippen molar-refractivity contribution in [2.75, 3.05) is 0 Å². The summed E-state index contributed by atoms with van der Waals surface area (Å²) in [6, 6.07) is 0. The van der Waals surface area contributed by atoms with E-state index in [1.807, 2.05) is 0 Å². The van der Waals surface area contributed by atoms with E-state index < -0.39 is 5.97 Å². The highest BCUT2D eigenvalue weighted by Crippen LogP contribution is 2.37. The van der Waals surface area contributed by atoms with Crippen LogP contribution in [0.4, 0.5) is 0 Å². The Bertz CT molecular complexity index is 423. The first-order valence-electron chi connectivity index (χ1n) is 7.73. The van der Waals surface area contributed by atoms with Gasteiger partial charge in [-0.2, -0.15) is 0 Å². The van der Waals surface area contributed by atoms with Crippen LogP contribution in [0.1, 0.15) is 76.0 Å². The molecule has 0 aromatic carbocycles. The Balaban J connectivity index is 1.80. The minimum Gasteiger partial charge on any atom is -0.481 e. The molecule has 1 heterocycles. The van der Waals surface area contributed by atoms with Crippen molar-refractivity contribution in [2.24, 2.45) is 5.92 Å². The van der Waals surface area contributed by atoms with Crippen LogP contribution in [-0.4, -0.2) is 21.3 Å². The van der Waals surface area contributed by atoms with Gasteiger partial charge < -0.3 is 9.52 Å². The van der Waals surface area contributed by atoms with Gasteiger partial charge in [0.2, 0.25) is 11.8 Å². The third kappa shape index (κ3) is 4.32. The maximum Gasteiger partial charge on any atom is 0.303 e. The SMILES string of the molecule is CCCCC1CCC(c2nnc(CCC(=O)O)o2)CC1. The Labute approximate surface area is 119 Å². The number of carbonyl (C=O) groups is 1. The van der Waals surface area contributed by atoms with E-state index in [1.165, 1.54) is 32.1 Å². The van der Waals surface area contributed by atoms with E-state index in [4.69, 9.17) is 9.52 Å². The highest BCUT2D eigenvalue weighted by Gasteiger charge is 2.25. The van der Waals surface area contributed by atoms with Crippen molar-refractivity contribution in [2.45, 2.75) is 70.6 Å². The quantitative estimate of drug-likeness (QED) is 0.826. The number of carboxylic acid groups (broad SMARTS) is 1. The van der Waals surface area contributed by atoms with Gasteiger partial charge in [0.1, 0.15) is 0 Å². The van der Waals surface area contributed by atoms with Gasteiger partial charge in [-0.15, -0.1) is 10.2 Å². The number of aromatic nitrogens is 2. The van der Waals surface area contributed by atoms with E-state index >= 15 is 0 Å². The second-order valence-electron chi connectivity index (χ2n) is 5.79. The lowest BCUT2D eigenvalue weighted by Crippen LogP contribution is -2.13. The van der Waals surface area contributed by atoms with Crippen molar-refractivity contribution in [1.82, 2.24) is 10.2 Å². The van der Waals surface area contributed by atoms with E-state index in [1.54, 1.807) is 0 Å². The largest absolute Gasteiger partial charge is 0.481 e. The lowest BCUT2D eigenvalue weighted by atomic mass is 9.80. The first-order chi connectivity index (χ1) is 9.69. The van der Waals surface area contributed by atoms with Crippen LogP contribution in [0.5, 0.6) is 0 Å². The van der Waals surface area contributed by atoms with Gasteiger partial charge in [0.15, 0.2) is 0 Å². The number of nitrogens with zero attached hydrogens (tertiary/aromatic N) is 2. The molecule has 20 heavy (non-hydrogen) atoms. The van der Waals surface area contributed by atoms with E-state index in [9.17, 15) is 4.79 Å². The number of hydrogen-bond donors (Lipinski definition) is 1. The molecule has 2 rings (SSSR count). The van der Waals surface area contributed by atoms with Crippen LogP contribution < -0.4 is 0 Å². The molecule has 112 valence electrons. The lowest BCUT2D eigenvalue weighted by Gasteiger charge is -2.26. The summed E-state index contributed by atoms with van der Waals surface area (Å²) >= 11 is 0. The Morgan fingerprint density at radius 3 is 2.70 bits per heavy atom. The Kier molecular flexibility index (Phi) is 5.56. The van der Waals surface area contributed by atoms with Crippen LogP contribution in [-0.2, 0) is 11.2 Å². The monoisotopic (exact) mass is 280 g/mol. The lowest BCUT2D eigenvalue weighted by molar-refractivity contribution is -0.137. The predicted octanol–water partition coefficient (Wildman–Crippen LogP) is 3.55. The van der Waals surface area contributed by atoms with Crippen LogP contribution in [0.25, 0.3) is 0 Å². The molecule has 0 spiro atoms. The molecule has 5 nitrogen and oxygen atoms in total. The molecule has 1 aliphatic rings. The summed E-state index contributed by atoms with van der Waals surface area (Å²) in [5.74, 6) is 1.57. The van der Waals surface area contributed by atoms with Crippen molar-refractivity contribution in [3.05, 3.63) is 11.8 Å². The number of unbranched alkanes of at least 4 members (excludes halogenated alkanes) is 1. The van der Waals surface area contributed by atoms with Crippen LogP contribution in [0.3, 0.4) is 0 Å². The zero-order valence-electron chi connectivity index (χ0n) is 12.2. The maximum absolute atomic E-state index is 10.5. The Morgan fingerprint density at radius 2 is 2.05 bits per heavy atom. The van der Waals surface area contributed by atoms with Gasteiger partial charge >= 0.3 is 5.97 Å². The van der Waals surface area contributed by atoms with E-state index in [0.717, 1.165) is 18.8 Å². The molecule has 1 saturated carbocycles. The van der Waals surface area contributed by atoms with E-state index in [-0.39, 0.29) is 6.42 Å². The van der Waals surface area contributed by atoms with E-state index in [2.05, 4.69) is 17.1 Å². The predicted molar refractivity (Wildman–Crippen MR) is 74.5 cm³/mol. The standard InChI is InChI=1S/C15H24N2O3/c1-2-3-4-11-5-7-12(8-6-11)15-17-16-13(20-15)9-10-14(18)19/h11-12H,2-10H2,1H3,(H,18,19). The molecule has 1 aromatic heterocycles. The number of carboxylic acids is 1. The first kappa shape index (κ1) is 15.0. The molecule has 5 heteroatoms. The van der Waals surface area contributed by atoms with Crippen molar-refractivity contribution in [3.8, 4) is 0 Å². The van der Waals surface area contributed by atoms with Crippen LogP contribution in [0.15, 0.2) is 4.42 Å². The molecule has 0 aliphatic heterocycles. The summed E-state index contributed by atoms with van der Waals surface area (Å²) in [6.45, 7) is 2.24. The smallest absolute Gasteiger partial charge is 0.303 e.